The molecular weight excluding hydrogens is 584 g/mol. The first-order valence-corrected chi connectivity index (χ1v) is 14.7. The Hall–Kier alpha value is -5.43. The van der Waals surface area contributed by atoms with Crippen molar-refractivity contribution in [2.24, 2.45) is 0 Å². The van der Waals surface area contributed by atoms with Crippen molar-refractivity contribution < 1.29 is 27.7 Å². The number of benzene rings is 5. The summed E-state index contributed by atoms with van der Waals surface area (Å²) in [4.78, 5) is 4.91. The van der Waals surface area contributed by atoms with Crippen LogP contribution >= 0.6 is 0 Å². The van der Waals surface area contributed by atoms with Crippen LogP contribution in [0.15, 0.2) is 91.0 Å². The largest absolute Gasteiger partial charge is 0.496 e. The van der Waals surface area contributed by atoms with Crippen molar-refractivity contribution in [1.82, 2.24) is 4.98 Å². The van der Waals surface area contributed by atoms with Crippen molar-refractivity contribution in [3.05, 3.63) is 114 Å². The number of rotatable bonds is 8. The molecule has 46 heavy (non-hydrogen) atoms. The summed E-state index contributed by atoms with van der Waals surface area (Å²) in [5.41, 5.74) is 8.49. The quantitative estimate of drug-likeness (QED) is 0.170. The third-order valence-electron chi connectivity index (χ3n) is 8.32. The molecule has 232 valence electrons. The molecule has 0 saturated carbocycles. The van der Waals surface area contributed by atoms with Gasteiger partial charge in [0.15, 0.2) is 11.5 Å². The van der Waals surface area contributed by atoms with Gasteiger partial charge in [-0.3, -0.25) is 0 Å². The first-order chi connectivity index (χ1) is 22.2. The van der Waals surface area contributed by atoms with Gasteiger partial charge in [-0.1, -0.05) is 30.3 Å². The van der Waals surface area contributed by atoms with Gasteiger partial charge in [-0.2, -0.15) is 0 Å². The third kappa shape index (κ3) is 5.60. The monoisotopic (exact) mass is 617 g/mol. The summed E-state index contributed by atoms with van der Waals surface area (Å²) < 4.78 is 51.1. The summed E-state index contributed by atoms with van der Waals surface area (Å²) in [6.45, 7) is 4.06. The molecule has 0 amide bonds. The van der Waals surface area contributed by atoms with Gasteiger partial charge in [0.05, 0.1) is 39.5 Å². The van der Waals surface area contributed by atoms with Crippen LogP contribution in [0.25, 0.3) is 55.4 Å². The van der Waals surface area contributed by atoms with Crippen molar-refractivity contribution in [1.29, 1.82) is 0 Å². The second kappa shape index (κ2) is 12.5. The summed E-state index contributed by atoms with van der Waals surface area (Å²) >= 11 is 0. The molecule has 0 N–H and O–H groups in total. The van der Waals surface area contributed by atoms with Crippen LogP contribution in [0.2, 0.25) is 0 Å². The fourth-order valence-electron chi connectivity index (χ4n) is 5.87. The van der Waals surface area contributed by atoms with Crippen molar-refractivity contribution in [3.63, 3.8) is 0 Å². The number of methoxy groups -OCH3 is 4. The van der Waals surface area contributed by atoms with Crippen LogP contribution in [0, 0.1) is 25.5 Å². The molecule has 0 bridgehead atoms. The first-order valence-electron chi connectivity index (χ1n) is 14.7. The van der Waals surface area contributed by atoms with E-state index < -0.39 is 0 Å². The number of aryl methyl sites for hydroxylation is 1. The van der Waals surface area contributed by atoms with Crippen LogP contribution in [0.5, 0.6) is 23.1 Å². The molecular formula is C39H33F2NO4. The van der Waals surface area contributed by atoms with Crippen molar-refractivity contribution in [2.75, 3.05) is 28.4 Å². The van der Waals surface area contributed by atoms with E-state index in [1.54, 1.807) is 52.7 Å². The summed E-state index contributed by atoms with van der Waals surface area (Å²) in [6.07, 6.45) is 0. The molecule has 0 unspecified atom stereocenters. The summed E-state index contributed by atoms with van der Waals surface area (Å²) in [6, 6.07) is 26.7. The Balaban J connectivity index is 1.61. The summed E-state index contributed by atoms with van der Waals surface area (Å²) in [5, 5.41) is 1.73. The number of hydrogen-bond donors (Lipinski definition) is 0. The Kier molecular flexibility index (Phi) is 8.33. The minimum Gasteiger partial charge on any atom is -0.496 e. The molecule has 7 heteroatoms. The Labute approximate surface area is 267 Å². The maximum Gasteiger partial charge on any atom is 0.225 e. The molecule has 0 aliphatic carbocycles. The Bertz CT molecular complexity index is 2010. The van der Waals surface area contributed by atoms with E-state index >= 15 is 0 Å². The van der Waals surface area contributed by atoms with E-state index in [0.29, 0.717) is 23.1 Å². The molecule has 0 saturated heterocycles. The van der Waals surface area contributed by atoms with E-state index in [1.165, 1.54) is 24.3 Å². The summed E-state index contributed by atoms with van der Waals surface area (Å²) in [7, 11) is 6.43. The topological polar surface area (TPSA) is 49.8 Å². The number of nitrogens with zero attached hydrogens (tertiary/aromatic N) is 1. The van der Waals surface area contributed by atoms with Gasteiger partial charge < -0.3 is 18.9 Å². The molecule has 0 fully saturated rings. The lowest BCUT2D eigenvalue weighted by molar-refractivity contribution is 0.356. The number of fused-ring (bicyclic) bond motifs is 1. The standard InChI is InChI=1S/C39H33F2NO4/c1-22-15-30-20-34(42-39(46-6)36(30)37(44-4)23(22)2)29-19-33(38(45-5)35(21-29)43-3)28-17-26(24-7-11-31(40)12-8-24)16-27(18-28)25-9-13-32(41)14-10-25/h7-21H,1-6H3. The molecule has 6 rings (SSSR count). The number of aromatic nitrogens is 1. The zero-order chi connectivity index (χ0) is 32.5. The van der Waals surface area contributed by atoms with E-state index in [4.69, 9.17) is 23.9 Å². The smallest absolute Gasteiger partial charge is 0.225 e. The van der Waals surface area contributed by atoms with E-state index in [2.05, 4.69) is 6.07 Å². The number of hydrogen-bond acceptors (Lipinski definition) is 5. The van der Waals surface area contributed by atoms with Gasteiger partial charge in [-0.05, 0) is 119 Å². The van der Waals surface area contributed by atoms with Crippen LogP contribution in [0.1, 0.15) is 11.1 Å². The fourth-order valence-corrected chi connectivity index (χ4v) is 5.87. The van der Waals surface area contributed by atoms with Gasteiger partial charge in [0.1, 0.15) is 17.4 Å². The minimum atomic E-state index is -0.320. The highest BCUT2D eigenvalue weighted by atomic mass is 19.1. The SMILES string of the molecule is COc1cc(-c2cc3cc(C)c(C)c(OC)c3c(OC)n2)cc(-c2cc(-c3ccc(F)cc3)cc(-c3ccc(F)cc3)c2)c1OC. The predicted octanol–water partition coefficient (Wildman–Crippen LogP) is 9.83. The van der Waals surface area contributed by atoms with Crippen LogP contribution in [0.4, 0.5) is 8.78 Å². The molecule has 5 aromatic carbocycles. The maximum absolute atomic E-state index is 13.9. The van der Waals surface area contributed by atoms with Gasteiger partial charge in [-0.15, -0.1) is 0 Å². The molecule has 0 radical (unpaired) electrons. The molecule has 6 aromatic rings. The zero-order valence-corrected chi connectivity index (χ0v) is 26.5. The van der Waals surface area contributed by atoms with Crippen LogP contribution in [-0.4, -0.2) is 33.4 Å². The average Bonchev–Trinajstić information content (AvgIpc) is 3.08. The molecule has 0 aliphatic heterocycles. The van der Waals surface area contributed by atoms with E-state index in [-0.39, 0.29) is 11.6 Å². The summed E-state index contributed by atoms with van der Waals surface area (Å²) in [5.74, 6) is 1.58. The van der Waals surface area contributed by atoms with E-state index in [9.17, 15) is 8.78 Å². The number of halogens is 2. The van der Waals surface area contributed by atoms with Crippen molar-refractivity contribution in [2.45, 2.75) is 13.8 Å². The lowest BCUT2D eigenvalue weighted by atomic mass is 9.91. The molecule has 1 heterocycles. The molecule has 0 spiro atoms. The highest BCUT2D eigenvalue weighted by Crippen LogP contribution is 2.45. The normalized spacial score (nSPS) is 11.0. The molecule has 1 aromatic heterocycles. The number of pyridine rings is 1. The highest BCUT2D eigenvalue weighted by Gasteiger charge is 2.21. The fraction of sp³-hybridized carbons (Fsp3) is 0.154. The number of ether oxygens (including phenoxy) is 4. The average molecular weight is 618 g/mol. The van der Waals surface area contributed by atoms with Crippen LogP contribution in [0.3, 0.4) is 0 Å². The van der Waals surface area contributed by atoms with Crippen LogP contribution in [-0.2, 0) is 0 Å². The zero-order valence-electron chi connectivity index (χ0n) is 26.5. The maximum atomic E-state index is 13.9. The molecule has 0 aliphatic rings. The lowest BCUT2D eigenvalue weighted by Crippen LogP contribution is -1.99. The first kappa shape index (κ1) is 30.6. The van der Waals surface area contributed by atoms with Gasteiger partial charge in [0, 0.05) is 11.1 Å². The highest BCUT2D eigenvalue weighted by molar-refractivity contribution is 5.97. The third-order valence-corrected chi connectivity index (χ3v) is 8.32. The van der Waals surface area contributed by atoms with E-state index in [1.807, 2.05) is 50.2 Å². The predicted molar refractivity (Wildman–Crippen MR) is 179 cm³/mol. The Morgan fingerprint density at radius 2 is 1.09 bits per heavy atom. The Morgan fingerprint density at radius 3 is 1.61 bits per heavy atom. The van der Waals surface area contributed by atoms with Crippen molar-refractivity contribution in [3.8, 4) is 67.8 Å². The second-order valence-corrected chi connectivity index (χ2v) is 11.0. The lowest BCUT2D eigenvalue weighted by Gasteiger charge is -2.19. The van der Waals surface area contributed by atoms with Gasteiger partial charge >= 0.3 is 0 Å². The van der Waals surface area contributed by atoms with Gasteiger partial charge in [0.2, 0.25) is 5.88 Å². The van der Waals surface area contributed by atoms with Crippen molar-refractivity contribution >= 4 is 10.8 Å². The molecule has 5 nitrogen and oxygen atoms in total. The van der Waals surface area contributed by atoms with Crippen LogP contribution < -0.4 is 18.9 Å². The minimum absolute atomic E-state index is 0.320. The Morgan fingerprint density at radius 1 is 0.522 bits per heavy atom. The van der Waals surface area contributed by atoms with Gasteiger partial charge in [-0.25, -0.2) is 13.8 Å². The van der Waals surface area contributed by atoms with Gasteiger partial charge in [0.25, 0.3) is 0 Å². The molecule has 0 atom stereocenters. The van der Waals surface area contributed by atoms with E-state index in [0.717, 1.165) is 66.6 Å². The second-order valence-electron chi connectivity index (χ2n) is 11.0.